The van der Waals surface area contributed by atoms with E-state index in [2.05, 4.69) is 20.0 Å². The second-order valence-electron chi connectivity index (χ2n) is 4.04. The highest BCUT2D eigenvalue weighted by atomic mass is 35.5. The molecule has 8 nitrogen and oxygen atoms in total. The number of esters is 1. The third kappa shape index (κ3) is 3.77. The lowest BCUT2D eigenvalue weighted by Crippen LogP contribution is -2.31. The molecule has 1 heterocycles. The molecule has 0 unspecified atom stereocenters. The van der Waals surface area contributed by atoms with Crippen LogP contribution in [0, 0.1) is 17.0 Å². The number of ether oxygens (including phenoxy) is 1. The van der Waals surface area contributed by atoms with Crippen molar-refractivity contribution in [3.8, 4) is 0 Å². The van der Waals surface area contributed by atoms with E-state index in [4.69, 9.17) is 11.6 Å². The number of aromatic nitrogens is 2. The summed E-state index contributed by atoms with van der Waals surface area (Å²) in [6, 6.07) is -0.728. The molecule has 0 radical (unpaired) electrons. The molecule has 0 spiro atoms. The van der Waals surface area contributed by atoms with Crippen LogP contribution in [0.25, 0.3) is 0 Å². The van der Waals surface area contributed by atoms with Crippen molar-refractivity contribution >= 4 is 29.1 Å². The van der Waals surface area contributed by atoms with Crippen LogP contribution < -0.4 is 5.32 Å². The summed E-state index contributed by atoms with van der Waals surface area (Å²) in [5.41, 5.74) is -0.183. The second-order valence-corrected chi connectivity index (χ2v) is 4.38. The van der Waals surface area contributed by atoms with Crippen molar-refractivity contribution in [3.63, 3.8) is 0 Å². The van der Waals surface area contributed by atoms with Gasteiger partial charge in [-0.25, -0.2) is 9.78 Å². The maximum Gasteiger partial charge on any atom is 0.332 e. The first-order valence-corrected chi connectivity index (χ1v) is 6.31. The molecule has 0 saturated heterocycles. The SMILES string of the molecule is CCC[C@H](Nc1nc(Cl)nc(C)c1[N+](=O)[O-])C(=O)OC. The summed E-state index contributed by atoms with van der Waals surface area (Å²) in [4.78, 5) is 29.6. The highest BCUT2D eigenvalue weighted by molar-refractivity contribution is 6.28. The van der Waals surface area contributed by atoms with Crippen LogP contribution >= 0.6 is 11.6 Å². The van der Waals surface area contributed by atoms with Gasteiger partial charge in [0, 0.05) is 0 Å². The van der Waals surface area contributed by atoms with Crippen LogP contribution in [-0.4, -0.2) is 34.0 Å². The third-order valence-corrected chi connectivity index (χ3v) is 2.76. The van der Waals surface area contributed by atoms with E-state index >= 15 is 0 Å². The first kappa shape index (κ1) is 16.1. The van der Waals surface area contributed by atoms with Crippen molar-refractivity contribution in [2.75, 3.05) is 12.4 Å². The molecular formula is C11H15ClN4O4. The molecule has 0 saturated carbocycles. The Morgan fingerprint density at radius 2 is 2.20 bits per heavy atom. The van der Waals surface area contributed by atoms with E-state index in [9.17, 15) is 14.9 Å². The fraction of sp³-hybridized carbons (Fsp3) is 0.545. The highest BCUT2D eigenvalue weighted by Gasteiger charge is 2.26. The van der Waals surface area contributed by atoms with E-state index in [1.54, 1.807) is 0 Å². The number of carbonyl (C=O) groups is 1. The number of anilines is 1. The van der Waals surface area contributed by atoms with E-state index in [1.165, 1.54) is 14.0 Å². The fourth-order valence-corrected chi connectivity index (χ4v) is 1.91. The zero-order valence-corrected chi connectivity index (χ0v) is 12.1. The lowest BCUT2D eigenvalue weighted by molar-refractivity contribution is -0.385. The summed E-state index contributed by atoms with van der Waals surface area (Å²) in [7, 11) is 1.25. The Bertz CT molecular complexity index is 523. The Balaban J connectivity index is 3.17. The van der Waals surface area contributed by atoms with E-state index in [0.717, 1.165) is 0 Å². The predicted octanol–water partition coefficient (Wildman–Crippen LogP) is 2.10. The molecule has 0 aliphatic heterocycles. The van der Waals surface area contributed by atoms with Crippen LogP contribution in [-0.2, 0) is 9.53 Å². The third-order valence-electron chi connectivity index (χ3n) is 2.59. The minimum absolute atomic E-state index is 0.0867. The molecule has 20 heavy (non-hydrogen) atoms. The molecule has 1 aromatic heterocycles. The monoisotopic (exact) mass is 302 g/mol. The van der Waals surface area contributed by atoms with Gasteiger partial charge in [-0.15, -0.1) is 0 Å². The molecule has 0 aromatic carbocycles. The summed E-state index contributed by atoms with van der Waals surface area (Å²) < 4.78 is 4.65. The number of carbonyl (C=O) groups excluding carboxylic acids is 1. The van der Waals surface area contributed by atoms with Gasteiger partial charge in [-0.1, -0.05) is 13.3 Å². The van der Waals surface area contributed by atoms with Crippen LogP contribution in [0.1, 0.15) is 25.5 Å². The Kier molecular flexibility index (Phi) is 5.63. The Morgan fingerprint density at radius 1 is 1.55 bits per heavy atom. The van der Waals surface area contributed by atoms with Crippen molar-refractivity contribution in [1.82, 2.24) is 9.97 Å². The van der Waals surface area contributed by atoms with Crippen LogP contribution in [0.15, 0.2) is 0 Å². The molecule has 0 bridgehead atoms. The summed E-state index contributed by atoms with van der Waals surface area (Å²) in [5, 5.41) is 13.6. The number of nitrogens with one attached hydrogen (secondary N) is 1. The topological polar surface area (TPSA) is 107 Å². The highest BCUT2D eigenvalue weighted by Crippen LogP contribution is 2.27. The van der Waals surface area contributed by atoms with Crippen molar-refractivity contribution in [3.05, 3.63) is 21.1 Å². The van der Waals surface area contributed by atoms with Gasteiger partial charge in [-0.05, 0) is 24.9 Å². The lowest BCUT2D eigenvalue weighted by atomic mass is 10.1. The zero-order chi connectivity index (χ0) is 15.3. The van der Waals surface area contributed by atoms with E-state index < -0.39 is 16.9 Å². The Morgan fingerprint density at radius 3 is 2.70 bits per heavy atom. The van der Waals surface area contributed by atoms with Crippen LogP contribution in [0.2, 0.25) is 5.28 Å². The average Bonchev–Trinajstić information content (AvgIpc) is 2.35. The summed E-state index contributed by atoms with van der Waals surface area (Å²) in [6.07, 6.45) is 1.14. The van der Waals surface area contributed by atoms with Gasteiger partial charge >= 0.3 is 11.7 Å². The molecular weight excluding hydrogens is 288 g/mol. The van der Waals surface area contributed by atoms with E-state index in [0.29, 0.717) is 12.8 Å². The number of aryl methyl sites for hydroxylation is 1. The van der Waals surface area contributed by atoms with Crippen LogP contribution in [0.5, 0.6) is 0 Å². The predicted molar refractivity (Wildman–Crippen MR) is 72.8 cm³/mol. The zero-order valence-electron chi connectivity index (χ0n) is 11.3. The minimum atomic E-state index is -0.728. The molecule has 9 heteroatoms. The molecule has 0 aliphatic carbocycles. The van der Waals surface area contributed by atoms with Crippen LogP contribution in [0.3, 0.4) is 0 Å². The van der Waals surface area contributed by atoms with Gasteiger partial charge in [0.15, 0.2) is 0 Å². The number of methoxy groups -OCH3 is 1. The first-order chi connectivity index (χ1) is 9.40. The summed E-state index contributed by atoms with van der Waals surface area (Å²) in [5.74, 6) is -0.607. The standard InChI is InChI=1S/C11H15ClN4O4/c1-4-5-7(10(17)20-3)14-9-8(16(18)19)6(2)13-11(12)15-9/h7H,4-5H2,1-3H3,(H,13,14,15)/t7-/m0/s1. The van der Waals surface area contributed by atoms with Crippen LogP contribution in [0.4, 0.5) is 11.5 Å². The largest absolute Gasteiger partial charge is 0.467 e. The maximum atomic E-state index is 11.6. The Hall–Kier alpha value is -1.96. The Labute approximate surface area is 120 Å². The minimum Gasteiger partial charge on any atom is -0.467 e. The van der Waals surface area contributed by atoms with Gasteiger partial charge in [-0.2, -0.15) is 4.98 Å². The molecule has 0 amide bonds. The molecule has 1 rings (SSSR count). The van der Waals surface area contributed by atoms with Gasteiger partial charge in [-0.3, -0.25) is 10.1 Å². The van der Waals surface area contributed by atoms with E-state index in [1.807, 2.05) is 6.92 Å². The molecule has 0 aliphatic rings. The molecule has 0 fully saturated rings. The number of nitrogens with zero attached hydrogens (tertiary/aromatic N) is 3. The van der Waals surface area contributed by atoms with Crippen molar-refractivity contribution < 1.29 is 14.5 Å². The molecule has 1 atom stereocenters. The smallest absolute Gasteiger partial charge is 0.332 e. The first-order valence-electron chi connectivity index (χ1n) is 5.93. The number of hydrogen-bond donors (Lipinski definition) is 1. The quantitative estimate of drug-likeness (QED) is 0.371. The molecule has 1 aromatic rings. The molecule has 1 N–H and O–H groups in total. The van der Waals surface area contributed by atoms with Gasteiger partial charge in [0.25, 0.3) is 0 Å². The van der Waals surface area contributed by atoms with Crippen molar-refractivity contribution in [2.24, 2.45) is 0 Å². The number of nitro groups is 1. The fourth-order valence-electron chi connectivity index (χ4n) is 1.70. The number of hydrogen-bond acceptors (Lipinski definition) is 7. The summed E-state index contributed by atoms with van der Waals surface area (Å²) in [6.45, 7) is 3.33. The van der Waals surface area contributed by atoms with Crippen molar-refractivity contribution in [2.45, 2.75) is 32.7 Å². The normalized spacial score (nSPS) is 11.8. The lowest BCUT2D eigenvalue weighted by Gasteiger charge is -2.16. The van der Waals surface area contributed by atoms with Gasteiger partial charge in [0.1, 0.15) is 11.7 Å². The number of rotatable bonds is 6. The second kappa shape index (κ2) is 6.99. The van der Waals surface area contributed by atoms with E-state index in [-0.39, 0.29) is 22.5 Å². The summed E-state index contributed by atoms with van der Waals surface area (Å²) >= 11 is 5.70. The van der Waals surface area contributed by atoms with Gasteiger partial charge < -0.3 is 10.1 Å². The number of halogens is 1. The maximum absolute atomic E-state index is 11.6. The van der Waals surface area contributed by atoms with Gasteiger partial charge in [0.05, 0.1) is 12.0 Å². The molecule has 110 valence electrons. The van der Waals surface area contributed by atoms with Crippen molar-refractivity contribution in [1.29, 1.82) is 0 Å². The van der Waals surface area contributed by atoms with Gasteiger partial charge in [0.2, 0.25) is 11.1 Å². The average molecular weight is 303 g/mol.